The van der Waals surface area contributed by atoms with Gasteiger partial charge in [0.25, 0.3) is 0 Å². The Labute approximate surface area is 130 Å². The zero-order valence-corrected chi connectivity index (χ0v) is 14.8. The van der Waals surface area contributed by atoms with Gasteiger partial charge >= 0.3 is 0 Å². The molecule has 0 radical (unpaired) electrons. The van der Waals surface area contributed by atoms with Gasteiger partial charge in [-0.2, -0.15) is 0 Å². The van der Waals surface area contributed by atoms with E-state index in [2.05, 4.69) is 52.1 Å². The Balaban J connectivity index is 1.93. The second-order valence-electron chi connectivity index (χ2n) is 8.10. The molecule has 1 saturated carbocycles. The fourth-order valence-electron chi connectivity index (χ4n) is 4.09. The van der Waals surface area contributed by atoms with Crippen molar-refractivity contribution in [3.8, 4) is 0 Å². The molecule has 0 bridgehead atoms. The monoisotopic (exact) mass is 292 g/mol. The van der Waals surface area contributed by atoms with Crippen LogP contribution in [0.4, 0.5) is 0 Å². The molecular weight excluding hydrogens is 258 g/mol. The van der Waals surface area contributed by atoms with Crippen molar-refractivity contribution in [3.63, 3.8) is 0 Å². The van der Waals surface area contributed by atoms with Crippen LogP contribution >= 0.6 is 0 Å². The molecule has 1 fully saturated rings. The van der Waals surface area contributed by atoms with Crippen LogP contribution in [0.1, 0.15) is 71.8 Å². The van der Waals surface area contributed by atoms with Crippen LogP contribution in [-0.4, -0.2) is 12.1 Å². The third-order valence-electron chi connectivity index (χ3n) is 5.59. The van der Waals surface area contributed by atoms with Gasteiger partial charge in [0.05, 0.1) is 12.1 Å². The molecule has 21 heavy (non-hydrogen) atoms. The van der Waals surface area contributed by atoms with Gasteiger partial charge in [0.2, 0.25) is 0 Å². The molecule has 1 aromatic heterocycles. The summed E-state index contributed by atoms with van der Waals surface area (Å²) in [5, 5.41) is 2.64. The van der Waals surface area contributed by atoms with Crippen LogP contribution in [0.5, 0.6) is 0 Å². The van der Waals surface area contributed by atoms with E-state index in [0.29, 0.717) is 6.04 Å². The molecule has 1 aromatic rings. The van der Waals surface area contributed by atoms with Crippen molar-refractivity contribution in [2.75, 3.05) is 0 Å². The summed E-state index contributed by atoms with van der Waals surface area (Å²) in [6, 6.07) is 5.67. The van der Waals surface area contributed by atoms with E-state index in [1.54, 1.807) is 0 Å². The van der Waals surface area contributed by atoms with Crippen LogP contribution in [0, 0.1) is 18.8 Å². The Hall–Kier alpha value is -0.760. The fourth-order valence-corrected chi connectivity index (χ4v) is 4.09. The van der Waals surface area contributed by atoms with E-state index in [4.69, 9.17) is 4.42 Å². The van der Waals surface area contributed by atoms with Gasteiger partial charge in [-0.3, -0.25) is 0 Å². The van der Waals surface area contributed by atoms with E-state index in [-0.39, 0.29) is 5.41 Å². The molecule has 1 heterocycles. The Kier molecular flexibility index (Phi) is 5.19. The summed E-state index contributed by atoms with van der Waals surface area (Å²) in [6.45, 7) is 13.9. The quantitative estimate of drug-likeness (QED) is 0.872. The number of rotatable bonds is 5. The highest BCUT2D eigenvalue weighted by Crippen LogP contribution is 2.30. The van der Waals surface area contributed by atoms with Gasteiger partial charge in [0.15, 0.2) is 0 Å². The lowest BCUT2D eigenvalue weighted by molar-refractivity contribution is -0.728. The molecule has 0 aromatic carbocycles. The minimum atomic E-state index is 0.119. The molecule has 1 aliphatic carbocycles. The number of aryl methyl sites for hydroxylation is 1. The first-order chi connectivity index (χ1) is 9.79. The van der Waals surface area contributed by atoms with Crippen LogP contribution in [0.15, 0.2) is 16.5 Å². The fraction of sp³-hybridized carbons (Fsp3) is 0.789. The van der Waals surface area contributed by atoms with Crippen LogP contribution < -0.4 is 5.32 Å². The number of hydrogen-bond donors (Lipinski definition) is 1. The normalized spacial score (nSPS) is 28.6. The first-order valence-electron chi connectivity index (χ1n) is 8.71. The first kappa shape index (κ1) is 16.6. The molecule has 0 unspecified atom stereocenters. The summed E-state index contributed by atoms with van der Waals surface area (Å²) in [7, 11) is 0. The molecule has 4 atom stereocenters. The lowest BCUT2D eigenvalue weighted by atomic mass is 9.77. The van der Waals surface area contributed by atoms with Crippen molar-refractivity contribution in [2.45, 2.75) is 84.7 Å². The third kappa shape index (κ3) is 4.12. The maximum Gasteiger partial charge on any atom is 0.109 e. The summed E-state index contributed by atoms with van der Waals surface area (Å²) < 4.78 is 5.86. The van der Waals surface area contributed by atoms with E-state index in [0.717, 1.165) is 35.8 Å². The van der Waals surface area contributed by atoms with E-state index in [1.165, 1.54) is 19.3 Å². The zero-order valence-electron chi connectivity index (χ0n) is 14.8. The standard InChI is InChI=1S/C19H33NO/c1-13-8-7-9-17(16(13)4)20-14(2)12-19(5,6)18-11-10-15(3)21-18/h10-11,13-14,16-17,20H,7-9,12H2,1-6H3/p+1/t13-,14+,16-,17-/m0/s1. The Bertz CT molecular complexity index is 448. The second-order valence-corrected chi connectivity index (χ2v) is 8.10. The second kappa shape index (κ2) is 6.56. The van der Waals surface area contributed by atoms with Crippen molar-refractivity contribution in [3.05, 3.63) is 23.7 Å². The molecule has 2 nitrogen and oxygen atoms in total. The molecule has 2 N–H and O–H groups in total. The highest BCUT2D eigenvalue weighted by Gasteiger charge is 2.33. The molecule has 0 amide bonds. The van der Waals surface area contributed by atoms with Crippen molar-refractivity contribution < 1.29 is 9.73 Å². The largest absolute Gasteiger partial charge is 0.466 e. The summed E-state index contributed by atoms with van der Waals surface area (Å²) in [5.41, 5.74) is 0.119. The maximum absolute atomic E-state index is 5.86. The molecule has 0 saturated heterocycles. The lowest BCUT2D eigenvalue weighted by Gasteiger charge is -2.35. The molecule has 1 aliphatic rings. The Morgan fingerprint density at radius 1 is 1.29 bits per heavy atom. The minimum Gasteiger partial charge on any atom is -0.466 e. The van der Waals surface area contributed by atoms with Gasteiger partial charge < -0.3 is 9.73 Å². The topological polar surface area (TPSA) is 29.8 Å². The van der Waals surface area contributed by atoms with Gasteiger partial charge in [0.1, 0.15) is 11.5 Å². The molecule has 120 valence electrons. The summed E-state index contributed by atoms with van der Waals surface area (Å²) in [6.07, 6.45) is 5.37. The van der Waals surface area contributed by atoms with Gasteiger partial charge in [-0.1, -0.05) is 27.7 Å². The average Bonchev–Trinajstić information content (AvgIpc) is 2.82. The molecule has 2 heteroatoms. The molecule has 2 rings (SSSR count). The average molecular weight is 292 g/mol. The highest BCUT2D eigenvalue weighted by molar-refractivity contribution is 5.14. The van der Waals surface area contributed by atoms with E-state index < -0.39 is 0 Å². The van der Waals surface area contributed by atoms with Gasteiger partial charge in [0, 0.05) is 17.8 Å². The van der Waals surface area contributed by atoms with Gasteiger partial charge in [-0.15, -0.1) is 0 Å². The first-order valence-corrected chi connectivity index (χ1v) is 8.71. The summed E-state index contributed by atoms with van der Waals surface area (Å²) >= 11 is 0. The molecule has 0 aliphatic heterocycles. The van der Waals surface area contributed by atoms with Crippen molar-refractivity contribution in [2.24, 2.45) is 11.8 Å². The summed E-state index contributed by atoms with van der Waals surface area (Å²) in [5.74, 6) is 3.87. The van der Waals surface area contributed by atoms with Crippen molar-refractivity contribution in [1.29, 1.82) is 0 Å². The van der Waals surface area contributed by atoms with Gasteiger partial charge in [-0.25, -0.2) is 0 Å². The van der Waals surface area contributed by atoms with Crippen LogP contribution in [-0.2, 0) is 5.41 Å². The van der Waals surface area contributed by atoms with E-state index in [1.807, 2.05) is 6.92 Å². The Morgan fingerprint density at radius 3 is 2.62 bits per heavy atom. The van der Waals surface area contributed by atoms with Crippen LogP contribution in [0.25, 0.3) is 0 Å². The smallest absolute Gasteiger partial charge is 0.109 e. The molecular formula is C19H34NO+. The van der Waals surface area contributed by atoms with Crippen molar-refractivity contribution in [1.82, 2.24) is 0 Å². The number of nitrogens with two attached hydrogens (primary N) is 1. The predicted octanol–water partition coefficient (Wildman–Crippen LogP) is 4.03. The zero-order chi connectivity index (χ0) is 15.6. The van der Waals surface area contributed by atoms with E-state index >= 15 is 0 Å². The van der Waals surface area contributed by atoms with E-state index in [9.17, 15) is 0 Å². The maximum atomic E-state index is 5.86. The number of hydrogen-bond acceptors (Lipinski definition) is 1. The Morgan fingerprint density at radius 2 is 2.00 bits per heavy atom. The summed E-state index contributed by atoms with van der Waals surface area (Å²) in [4.78, 5) is 0. The third-order valence-corrected chi connectivity index (χ3v) is 5.59. The number of quaternary nitrogens is 1. The lowest BCUT2D eigenvalue weighted by Crippen LogP contribution is -2.96. The van der Waals surface area contributed by atoms with Crippen molar-refractivity contribution >= 4 is 0 Å². The number of furan rings is 1. The predicted molar refractivity (Wildman–Crippen MR) is 88.4 cm³/mol. The molecule has 0 spiro atoms. The minimum absolute atomic E-state index is 0.119. The van der Waals surface area contributed by atoms with Crippen LogP contribution in [0.2, 0.25) is 0 Å². The SMILES string of the molecule is Cc1ccc(C(C)(C)C[C@@H](C)[NH2+][C@H]2CCC[C@H](C)[C@@H]2C)o1. The van der Waals surface area contributed by atoms with Crippen LogP contribution in [0.3, 0.4) is 0 Å². The highest BCUT2D eigenvalue weighted by atomic mass is 16.3. The van der Waals surface area contributed by atoms with Gasteiger partial charge in [-0.05, 0) is 51.2 Å².